The normalized spacial score (nSPS) is 13.4. The predicted octanol–water partition coefficient (Wildman–Crippen LogP) is 3.61. The van der Waals surface area contributed by atoms with Gasteiger partial charge in [0.25, 0.3) is 0 Å². The summed E-state index contributed by atoms with van der Waals surface area (Å²) >= 11 is 0. The van der Waals surface area contributed by atoms with Crippen LogP contribution in [-0.4, -0.2) is 74.1 Å². The molecule has 3 aromatic rings. The van der Waals surface area contributed by atoms with Gasteiger partial charge >= 0.3 is 0 Å². The van der Waals surface area contributed by atoms with Crippen molar-refractivity contribution in [1.29, 1.82) is 0 Å². The molecular weight excluding hydrogens is 545 g/mol. The number of nitrogens with zero attached hydrogens (tertiary/aromatic N) is 3. The number of pyridine rings is 1. The summed E-state index contributed by atoms with van der Waals surface area (Å²) in [5.41, 5.74) is 3.56. The van der Waals surface area contributed by atoms with Gasteiger partial charge < -0.3 is 30.1 Å². The minimum Gasteiger partial charge on any atom is -0.495 e. The van der Waals surface area contributed by atoms with E-state index in [2.05, 4.69) is 33.8 Å². The second-order valence-corrected chi connectivity index (χ2v) is 8.59. The zero-order valence-corrected chi connectivity index (χ0v) is 24.3. The molecular formula is C28H39Cl2N3O6. The summed E-state index contributed by atoms with van der Waals surface area (Å²) in [6.45, 7) is 5.78. The van der Waals surface area contributed by atoms with Crippen molar-refractivity contribution in [3.8, 4) is 17.2 Å². The molecule has 0 spiro atoms. The molecule has 1 saturated heterocycles. The van der Waals surface area contributed by atoms with E-state index in [1.807, 2.05) is 36.4 Å². The number of ether oxygens (including phenoxy) is 3. The first-order valence-electron chi connectivity index (χ1n) is 11.9. The lowest BCUT2D eigenvalue weighted by Crippen LogP contribution is -2.47. The topological polar surface area (TPSA) is 127 Å². The van der Waals surface area contributed by atoms with Crippen LogP contribution in [0.25, 0.3) is 0 Å². The summed E-state index contributed by atoms with van der Waals surface area (Å²) in [6, 6.07) is 17.9. The van der Waals surface area contributed by atoms with E-state index in [1.54, 1.807) is 33.6 Å². The van der Waals surface area contributed by atoms with Crippen LogP contribution in [-0.2, 0) is 6.42 Å². The van der Waals surface area contributed by atoms with Gasteiger partial charge in [-0.15, -0.1) is 24.8 Å². The molecule has 2 aromatic carbocycles. The van der Waals surface area contributed by atoms with Crippen LogP contribution in [0.3, 0.4) is 0 Å². The van der Waals surface area contributed by atoms with Crippen LogP contribution >= 0.6 is 24.8 Å². The first-order valence-corrected chi connectivity index (χ1v) is 11.9. The third-order valence-electron chi connectivity index (χ3n) is 6.67. The summed E-state index contributed by atoms with van der Waals surface area (Å²) in [5, 5.41) is 0. The molecule has 1 aromatic heterocycles. The quantitative estimate of drug-likeness (QED) is 0.352. The zero-order chi connectivity index (χ0) is 24.8. The van der Waals surface area contributed by atoms with E-state index < -0.39 is 0 Å². The van der Waals surface area contributed by atoms with Gasteiger partial charge in [0.2, 0.25) is 0 Å². The van der Waals surface area contributed by atoms with Crippen LogP contribution in [0, 0.1) is 0 Å². The molecule has 0 amide bonds. The molecule has 1 unspecified atom stereocenters. The standard InChI is InChI=1S/C28H33N3O4.2ClH.2H2O/c1-20(30-13-15-31(16-14-30)24-11-7-8-12-26(24)33-2)22-9-5-6-10-23(22)25(32)17-21-18-27(34-3)28(35-4)19-29-21;;;;/h5-12,18-20H,13-17H2,1-4H3;2*1H;2*1H2. The molecule has 1 fully saturated rings. The van der Waals surface area contributed by atoms with Crippen molar-refractivity contribution in [2.24, 2.45) is 0 Å². The molecule has 1 aliphatic rings. The minimum atomic E-state index is 0. The van der Waals surface area contributed by atoms with Gasteiger partial charge in [-0.3, -0.25) is 14.7 Å². The Bertz CT molecular complexity index is 1180. The Morgan fingerprint density at radius 2 is 1.44 bits per heavy atom. The summed E-state index contributed by atoms with van der Waals surface area (Å²) in [7, 11) is 4.86. The smallest absolute Gasteiger partial charge is 0.179 e. The van der Waals surface area contributed by atoms with Gasteiger partial charge in [0.05, 0.1) is 45.3 Å². The largest absolute Gasteiger partial charge is 0.495 e. The van der Waals surface area contributed by atoms with Crippen LogP contribution in [0.5, 0.6) is 17.2 Å². The van der Waals surface area contributed by atoms with Gasteiger partial charge in [-0.05, 0) is 24.6 Å². The third-order valence-corrected chi connectivity index (χ3v) is 6.67. The van der Waals surface area contributed by atoms with Crippen molar-refractivity contribution >= 4 is 36.3 Å². The Morgan fingerprint density at radius 3 is 2.08 bits per heavy atom. The van der Waals surface area contributed by atoms with Crippen LogP contribution in [0.15, 0.2) is 60.8 Å². The molecule has 2 heterocycles. The van der Waals surface area contributed by atoms with Gasteiger partial charge in [0.1, 0.15) is 5.75 Å². The molecule has 11 heteroatoms. The van der Waals surface area contributed by atoms with E-state index in [0.29, 0.717) is 17.2 Å². The highest BCUT2D eigenvalue weighted by Crippen LogP contribution is 2.31. The number of rotatable bonds is 9. The first kappa shape index (κ1) is 35.9. The fourth-order valence-electron chi connectivity index (χ4n) is 4.69. The lowest BCUT2D eigenvalue weighted by atomic mass is 9.95. The van der Waals surface area contributed by atoms with Crippen molar-refractivity contribution in [3.63, 3.8) is 0 Å². The van der Waals surface area contributed by atoms with E-state index in [9.17, 15) is 4.79 Å². The maximum absolute atomic E-state index is 13.3. The van der Waals surface area contributed by atoms with Gasteiger partial charge in [0.15, 0.2) is 17.3 Å². The van der Waals surface area contributed by atoms with Gasteiger partial charge in [-0.2, -0.15) is 0 Å². The molecule has 39 heavy (non-hydrogen) atoms. The van der Waals surface area contributed by atoms with Crippen molar-refractivity contribution < 1.29 is 30.0 Å². The monoisotopic (exact) mass is 583 g/mol. The van der Waals surface area contributed by atoms with E-state index in [4.69, 9.17) is 14.2 Å². The van der Waals surface area contributed by atoms with Gasteiger partial charge in [0, 0.05) is 43.9 Å². The van der Waals surface area contributed by atoms with Crippen LogP contribution in [0.2, 0.25) is 0 Å². The number of hydrogen-bond acceptors (Lipinski definition) is 7. The second-order valence-electron chi connectivity index (χ2n) is 8.59. The Hall–Kier alpha value is -3.08. The average Bonchev–Trinajstić information content (AvgIpc) is 2.92. The number of aromatic nitrogens is 1. The zero-order valence-electron chi connectivity index (χ0n) is 22.7. The summed E-state index contributed by atoms with van der Waals surface area (Å²) < 4.78 is 16.2. The van der Waals surface area contributed by atoms with E-state index in [1.165, 1.54) is 0 Å². The lowest BCUT2D eigenvalue weighted by molar-refractivity contribution is 0.0987. The molecule has 0 radical (unpaired) electrons. The highest BCUT2D eigenvalue weighted by molar-refractivity contribution is 5.98. The number of hydrogen-bond donors (Lipinski definition) is 0. The maximum atomic E-state index is 13.3. The number of piperazine rings is 1. The van der Waals surface area contributed by atoms with Crippen molar-refractivity contribution in [2.75, 3.05) is 52.4 Å². The lowest BCUT2D eigenvalue weighted by Gasteiger charge is -2.40. The summed E-state index contributed by atoms with van der Waals surface area (Å²) in [6.07, 6.45) is 1.79. The van der Waals surface area contributed by atoms with Gasteiger partial charge in [-0.25, -0.2) is 0 Å². The molecule has 0 bridgehead atoms. The van der Waals surface area contributed by atoms with Crippen molar-refractivity contribution in [1.82, 2.24) is 9.88 Å². The fourth-order valence-corrected chi connectivity index (χ4v) is 4.69. The highest BCUT2D eigenvalue weighted by atomic mass is 35.5. The molecule has 4 rings (SSSR count). The maximum Gasteiger partial charge on any atom is 0.179 e. The van der Waals surface area contributed by atoms with Crippen LogP contribution < -0.4 is 19.1 Å². The SMILES string of the molecule is COc1cnc(CC(=O)c2ccccc2C(C)N2CCN(c3ccccc3OC)CC2)cc1OC.Cl.Cl.O.O. The molecule has 9 nitrogen and oxygen atoms in total. The number of anilines is 1. The number of carbonyl (C=O) groups excluding carboxylic acids is 1. The van der Waals surface area contributed by atoms with Crippen molar-refractivity contribution in [2.45, 2.75) is 19.4 Å². The number of para-hydroxylation sites is 2. The molecule has 216 valence electrons. The van der Waals surface area contributed by atoms with E-state index in [0.717, 1.165) is 48.7 Å². The average molecular weight is 585 g/mol. The molecule has 1 aliphatic heterocycles. The fraction of sp³-hybridized carbons (Fsp3) is 0.357. The summed E-state index contributed by atoms with van der Waals surface area (Å²) in [5.74, 6) is 2.05. The number of ketones is 1. The second kappa shape index (κ2) is 16.8. The predicted molar refractivity (Wildman–Crippen MR) is 159 cm³/mol. The third kappa shape index (κ3) is 8.20. The molecule has 1 atom stereocenters. The number of Topliss-reactive ketones (excluding diaryl/α,β-unsaturated/α-hetero) is 1. The van der Waals surface area contributed by atoms with Crippen LogP contribution in [0.4, 0.5) is 5.69 Å². The van der Waals surface area contributed by atoms with Crippen LogP contribution in [0.1, 0.15) is 34.6 Å². The summed E-state index contributed by atoms with van der Waals surface area (Å²) in [4.78, 5) is 22.5. The van der Waals surface area contributed by atoms with Crippen molar-refractivity contribution in [3.05, 3.63) is 77.6 Å². The number of halogens is 2. The minimum absolute atomic E-state index is 0. The Labute approximate surface area is 242 Å². The van der Waals surface area contributed by atoms with E-state index in [-0.39, 0.29) is 54.0 Å². The van der Waals surface area contributed by atoms with E-state index >= 15 is 0 Å². The first-order chi connectivity index (χ1) is 17.0. The molecule has 0 aliphatic carbocycles. The molecule has 4 N–H and O–H groups in total. The Balaban J connectivity index is 0.00000361. The Kier molecular flexibility index (Phi) is 15.5. The molecule has 0 saturated carbocycles. The highest BCUT2D eigenvalue weighted by Gasteiger charge is 2.26. The number of carbonyl (C=O) groups is 1. The van der Waals surface area contributed by atoms with Gasteiger partial charge in [-0.1, -0.05) is 36.4 Å². The Morgan fingerprint density at radius 1 is 0.846 bits per heavy atom. The number of methoxy groups -OCH3 is 3. The number of benzene rings is 2.